The zero-order valence-corrected chi connectivity index (χ0v) is 17.1. The van der Waals surface area contributed by atoms with Gasteiger partial charge in [0.05, 0.1) is 5.75 Å². The number of sulfonamides is 1. The molecule has 0 bridgehead atoms. The van der Waals surface area contributed by atoms with Crippen molar-refractivity contribution < 1.29 is 17.9 Å². The maximum atomic E-state index is 12.6. The Morgan fingerprint density at radius 2 is 1.61 bits per heavy atom. The van der Waals surface area contributed by atoms with Crippen LogP contribution in [0.15, 0.2) is 54.6 Å². The number of hydrogen-bond donors (Lipinski definition) is 0. The van der Waals surface area contributed by atoms with Crippen molar-refractivity contribution in [1.82, 2.24) is 9.21 Å². The Kier molecular flexibility index (Phi) is 6.36. The molecule has 1 saturated heterocycles. The van der Waals surface area contributed by atoms with Gasteiger partial charge in [-0.15, -0.1) is 0 Å². The first-order valence-corrected chi connectivity index (χ1v) is 11.0. The molecule has 0 unspecified atom stereocenters. The quantitative estimate of drug-likeness (QED) is 0.744. The molecule has 150 valence electrons. The third-order valence-electron chi connectivity index (χ3n) is 4.82. The standard InChI is InChI=1S/C21H26N2O4S/c1-17-8-10-20(11-9-17)27-18(2)21(24)22-12-14-23(15-13-22)28(25,26)16-19-6-4-3-5-7-19/h3-11,18H,12-16H2,1-2H3/t18-/m1/s1. The highest BCUT2D eigenvalue weighted by Gasteiger charge is 2.31. The van der Waals surface area contributed by atoms with Gasteiger partial charge in [-0.1, -0.05) is 48.0 Å². The molecule has 2 aromatic rings. The zero-order valence-electron chi connectivity index (χ0n) is 16.2. The minimum absolute atomic E-state index is 0.0191. The summed E-state index contributed by atoms with van der Waals surface area (Å²) in [4.78, 5) is 14.3. The van der Waals surface area contributed by atoms with E-state index in [-0.39, 0.29) is 11.7 Å². The molecular formula is C21H26N2O4S. The molecule has 0 aliphatic carbocycles. The lowest BCUT2D eigenvalue weighted by molar-refractivity contribution is -0.139. The molecule has 0 aromatic heterocycles. The SMILES string of the molecule is Cc1ccc(O[C@H](C)C(=O)N2CCN(S(=O)(=O)Cc3ccccc3)CC2)cc1. The number of piperazine rings is 1. The van der Waals surface area contributed by atoms with Gasteiger partial charge in [0.1, 0.15) is 5.75 Å². The van der Waals surface area contributed by atoms with Gasteiger partial charge in [-0.2, -0.15) is 4.31 Å². The van der Waals surface area contributed by atoms with Crippen LogP contribution in [0.4, 0.5) is 0 Å². The minimum atomic E-state index is -3.39. The summed E-state index contributed by atoms with van der Waals surface area (Å²) < 4.78 is 32.5. The lowest BCUT2D eigenvalue weighted by Gasteiger charge is -2.35. The zero-order chi connectivity index (χ0) is 20.1. The number of amides is 1. The van der Waals surface area contributed by atoms with Crippen LogP contribution in [0.25, 0.3) is 0 Å². The fourth-order valence-electron chi connectivity index (χ4n) is 3.19. The second kappa shape index (κ2) is 8.75. The molecule has 1 aliphatic rings. The topological polar surface area (TPSA) is 66.9 Å². The number of carbonyl (C=O) groups excluding carboxylic acids is 1. The molecule has 3 rings (SSSR count). The van der Waals surface area contributed by atoms with Crippen LogP contribution in [0.3, 0.4) is 0 Å². The number of aryl methyl sites for hydroxylation is 1. The molecule has 2 aromatic carbocycles. The van der Waals surface area contributed by atoms with E-state index in [9.17, 15) is 13.2 Å². The van der Waals surface area contributed by atoms with Gasteiger partial charge in [0.25, 0.3) is 5.91 Å². The van der Waals surface area contributed by atoms with Crippen molar-refractivity contribution in [2.24, 2.45) is 0 Å². The van der Waals surface area contributed by atoms with Crippen molar-refractivity contribution in [3.05, 3.63) is 65.7 Å². The molecule has 0 spiro atoms. The number of ether oxygens (including phenoxy) is 1. The van der Waals surface area contributed by atoms with Crippen molar-refractivity contribution >= 4 is 15.9 Å². The van der Waals surface area contributed by atoms with Gasteiger partial charge in [0.15, 0.2) is 6.10 Å². The van der Waals surface area contributed by atoms with E-state index in [1.165, 1.54) is 4.31 Å². The van der Waals surface area contributed by atoms with Crippen LogP contribution >= 0.6 is 0 Å². The highest BCUT2D eigenvalue weighted by molar-refractivity contribution is 7.88. The number of nitrogens with zero attached hydrogens (tertiary/aromatic N) is 2. The number of rotatable bonds is 6. The highest BCUT2D eigenvalue weighted by atomic mass is 32.2. The van der Waals surface area contributed by atoms with E-state index in [1.54, 1.807) is 24.0 Å². The van der Waals surface area contributed by atoms with Crippen molar-refractivity contribution in [2.75, 3.05) is 26.2 Å². The monoisotopic (exact) mass is 402 g/mol. The van der Waals surface area contributed by atoms with E-state index in [0.29, 0.717) is 31.9 Å². The van der Waals surface area contributed by atoms with E-state index in [4.69, 9.17) is 4.74 Å². The lowest BCUT2D eigenvalue weighted by Crippen LogP contribution is -2.53. The highest BCUT2D eigenvalue weighted by Crippen LogP contribution is 2.17. The van der Waals surface area contributed by atoms with E-state index < -0.39 is 16.1 Å². The van der Waals surface area contributed by atoms with Crippen LogP contribution in [-0.4, -0.2) is 55.8 Å². The normalized spacial score (nSPS) is 16.6. The first-order valence-electron chi connectivity index (χ1n) is 9.39. The van der Waals surface area contributed by atoms with Crippen molar-refractivity contribution in [2.45, 2.75) is 25.7 Å². The van der Waals surface area contributed by atoms with Crippen molar-refractivity contribution in [3.8, 4) is 5.75 Å². The molecule has 1 heterocycles. The van der Waals surface area contributed by atoms with Crippen LogP contribution in [0.1, 0.15) is 18.1 Å². The van der Waals surface area contributed by atoms with Gasteiger partial charge >= 0.3 is 0 Å². The Hall–Kier alpha value is -2.38. The third kappa shape index (κ3) is 5.11. The maximum absolute atomic E-state index is 12.6. The summed E-state index contributed by atoms with van der Waals surface area (Å²) in [5.74, 6) is 0.505. The molecule has 0 N–H and O–H groups in total. The van der Waals surface area contributed by atoms with E-state index in [0.717, 1.165) is 11.1 Å². The fourth-order valence-corrected chi connectivity index (χ4v) is 4.71. The third-order valence-corrected chi connectivity index (χ3v) is 6.67. The van der Waals surface area contributed by atoms with Gasteiger partial charge in [-0.3, -0.25) is 4.79 Å². The van der Waals surface area contributed by atoms with E-state index in [2.05, 4.69) is 0 Å². The predicted octanol–water partition coefficient (Wildman–Crippen LogP) is 2.44. The van der Waals surface area contributed by atoms with Crippen molar-refractivity contribution in [3.63, 3.8) is 0 Å². The largest absolute Gasteiger partial charge is 0.481 e. The average molecular weight is 403 g/mol. The van der Waals surface area contributed by atoms with Crippen molar-refractivity contribution in [1.29, 1.82) is 0 Å². The average Bonchev–Trinajstić information content (AvgIpc) is 2.69. The molecule has 1 fully saturated rings. The van der Waals surface area contributed by atoms with Crippen LogP contribution < -0.4 is 4.74 Å². The summed E-state index contributed by atoms with van der Waals surface area (Å²) in [6.07, 6.45) is -0.616. The van der Waals surface area contributed by atoms with Gasteiger partial charge in [-0.05, 0) is 31.5 Å². The van der Waals surface area contributed by atoms with Crippen LogP contribution in [-0.2, 0) is 20.6 Å². The summed E-state index contributed by atoms with van der Waals surface area (Å²) in [6.45, 7) is 5.06. The number of hydrogen-bond acceptors (Lipinski definition) is 4. The number of benzene rings is 2. The summed E-state index contributed by atoms with van der Waals surface area (Å²) in [7, 11) is -3.39. The molecule has 0 radical (unpaired) electrons. The Labute approximate surface area is 166 Å². The maximum Gasteiger partial charge on any atom is 0.263 e. The molecule has 0 saturated carbocycles. The number of carbonyl (C=O) groups is 1. The van der Waals surface area contributed by atoms with Gasteiger partial charge in [0, 0.05) is 26.2 Å². The smallest absolute Gasteiger partial charge is 0.263 e. The molecule has 1 atom stereocenters. The Bertz CT molecular complexity index is 890. The summed E-state index contributed by atoms with van der Waals surface area (Å²) >= 11 is 0. The second-order valence-electron chi connectivity index (χ2n) is 7.04. The first-order chi connectivity index (χ1) is 13.3. The van der Waals surface area contributed by atoms with Crippen LogP contribution in [0.2, 0.25) is 0 Å². The van der Waals surface area contributed by atoms with Gasteiger partial charge in [0.2, 0.25) is 10.0 Å². The molecule has 6 nitrogen and oxygen atoms in total. The molecule has 1 aliphatic heterocycles. The second-order valence-corrected chi connectivity index (χ2v) is 9.01. The van der Waals surface area contributed by atoms with E-state index in [1.807, 2.05) is 49.4 Å². The Morgan fingerprint density at radius 3 is 2.21 bits per heavy atom. The Morgan fingerprint density at radius 1 is 1.00 bits per heavy atom. The van der Waals surface area contributed by atoms with Gasteiger partial charge < -0.3 is 9.64 Å². The minimum Gasteiger partial charge on any atom is -0.481 e. The molecule has 1 amide bonds. The predicted molar refractivity (Wildman–Crippen MR) is 108 cm³/mol. The Balaban J connectivity index is 1.54. The van der Waals surface area contributed by atoms with E-state index >= 15 is 0 Å². The van der Waals surface area contributed by atoms with Crippen LogP contribution in [0.5, 0.6) is 5.75 Å². The summed E-state index contributed by atoms with van der Waals surface area (Å²) in [5, 5.41) is 0. The lowest BCUT2D eigenvalue weighted by atomic mass is 10.2. The molecule has 28 heavy (non-hydrogen) atoms. The summed E-state index contributed by atoms with van der Waals surface area (Å²) in [5.41, 5.74) is 1.89. The molecule has 7 heteroatoms. The molecular weight excluding hydrogens is 376 g/mol. The first kappa shape index (κ1) is 20.4. The fraction of sp³-hybridized carbons (Fsp3) is 0.381. The summed E-state index contributed by atoms with van der Waals surface area (Å²) in [6, 6.07) is 16.7. The van der Waals surface area contributed by atoms with Crippen LogP contribution in [0, 0.1) is 6.92 Å². The van der Waals surface area contributed by atoms with Gasteiger partial charge in [-0.25, -0.2) is 8.42 Å².